The number of hydrogen-bond acceptors (Lipinski definition) is 3. The van der Waals surface area contributed by atoms with E-state index in [1.54, 1.807) is 0 Å². The molecule has 1 aliphatic carbocycles. The van der Waals surface area contributed by atoms with Crippen LogP contribution in [-0.4, -0.2) is 22.0 Å². The molecule has 1 atom stereocenters. The van der Waals surface area contributed by atoms with E-state index in [9.17, 15) is 4.79 Å². The largest absolute Gasteiger partial charge is 0.361 e. The topological polar surface area (TPSA) is 46.3 Å². The first-order valence-electron chi connectivity index (χ1n) is 8.45. The highest BCUT2D eigenvalue weighted by atomic mass is 35.5. The van der Waals surface area contributed by atoms with Gasteiger partial charge in [0.15, 0.2) is 0 Å². The van der Waals surface area contributed by atoms with Crippen molar-refractivity contribution in [1.82, 2.24) is 10.1 Å². The first kappa shape index (κ1) is 17.0. The molecule has 1 aromatic heterocycles. The maximum Gasteiger partial charge on any atom is 0.223 e. The fourth-order valence-electron chi connectivity index (χ4n) is 3.21. The first-order chi connectivity index (χ1) is 11.5. The second kappa shape index (κ2) is 6.98. The summed E-state index contributed by atoms with van der Waals surface area (Å²) in [4.78, 5) is 14.9. The van der Waals surface area contributed by atoms with Gasteiger partial charge in [0.2, 0.25) is 5.91 Å². The van der Waals surface area contributed by atoms with E-state index < -0.39 is 0 Å². The highest BCUT2D eigenvalue weighted by Gasteiger charge is 2.36. The smallest absolute Gasteiger partial charge is 0.223 e. The van der Waals surface area contributed by atoms with E-state index in [1.807, 2.05) is 43.0 Å². The minimum Gasteiger partial charge on any atom is -0.361 e. The summed E-state index contributed by atoms with van der Waals surface area (Å²) in [6, 6.07) is 8.20. The van der Waals surface area contributed by atoms with E-state index in [0.717, 1.165) is 35.4 Å². The third-order valence-corrected chi connectivity index (χ3v) is 5.02. The Morgan fingerprint density at radius 3 is 2.54 bits per heavy atom. The molecule has 2 aromatic rings. The van der Waals surface area contributed by atoms with Crippen molar-refractivity contribution in [3.05, 3.63) is 51.9 Å². The fourth-order valence-corrected chi connectivity index (χ4v) is 3.34. The highest BCUT2D eigenvalue weighted by Crippen LogP contribution is 2.35. The Morgan fingerprint density at radius 2 is 2.00 bits per heavy atom. The van der Waals surface area contributed by atoms with E-state index in [0.29, 0.717) is 23.9 Å². The molecule has 128 valence electrons. The number of rotatable bonds is 6. The number of benzene rings is 1. The van der Waals surface area contributed by atoms with Crippen LogP contribution in [0.15, 0.2) is 28.8 Å². The van der Waals surface area contributed by atoms with Crippen LogP contribution in [0.1, 0.15) is 54.8 Å². The van der Waals surface area contributed by atoms with Crippen LogP contribution < -0.4 is 0 Å². The van der Waals surface area contributed by atoms with Crippen LogP contribution >= 0.6 is 11.6 Å². The van der Waals surface area contributed by atoms with Crippen LogP contribution in [0.2, 0.25) is 5.02 Å². The molecule has 0 spiro atoms. The Bertz CT molecular complexity index is 700. The lowest BCUT2D eigenvalue weighted by molar-refractivity contribution is -0.134. The third-order valence-electron chi connectivity index (χ3n) is 4.77. The molecule has 1 heterocycles. The van der Waals surface area contributed by atoms with E-state index in [4.69, 9.17) is 16.1 Å². The van der Waals surface area contributed by atoms with Crippen LogP contribution in [0.4, 0.5) is 0 Å². The van der Waals surface area contributed by atoms with Crippen molar-refractivity contribution in [1.29, 1.82) is 0 Å². The minimum atomic E-state index is 0.0620. The lowest BCUT2D eigenvalue weighted by Crippen LogP contribution is -2.35. The number of hydrogen-bond donors (Lipinski definition) is 0. The molecule has 5 heteroatoms. The van der Waals surface area contributed by atoms with Crippen molar-refractivity contribution in [3.63, 3.8) is 0 Å². The molecule has 0 N–H and O–H groups in total. The summed E-state index contributed by atoms with van der Waals surface area (Å²) in [5, 5.41) is 4.68. The Labute approximate surface area is 147 Å². The molecule has 0 bridgehead atoms. The van der Waals surface area contributed by atoms with Crippen molar-refractivity contribution < 1.29 is 9.32 Å². The van der Waals surface area contributed by atoms with Gasteiger partial charge in [-0.05, 0) is 57.7 Å². The predicted molar refractivity (Wildman–Crippen MR) is 94.0 cm³/mol. The predicted octanol–water partition coefficient (Wildman–Crippen LogP) is 4.63. The molecule has 0 radical (unpaired) electrons. The summed E-state index contributed by atoms with van der Waals surface area (Å²) in [5.74, 6) is 1.00. The molecule has 1 amide bonds. The van der Waals surface area contributed by atoms with Crippen LogP contribution in [0.25, 0.3) is 0 Å². The molecule has 24 heavy (non-hydrogen) atoms. The summed E-state index contributed by atoms with van der Waals surface area (Å²) < 4.78 is 5.19. The average molecular weight is 347 g/mol. The zero-order valence-electron chi connectivity index (χ0n) is 14.4. The molecule has 1 saturated carbocycles. The summed E-state index contributed by atoms with van der Waals surface area (Å²) in [6.07, 6.45) is 3.35. The molecule has 3 rings (SSSR count). The van der Waals surface area contributed by atoms with Gasteiger partial charge in [-0.3, -0.25) is 4.79 Å². The number of halogens is 1. The van der Waals surface area contributed by atoms with Gasteiger partial charge in [0.25, 0.3) is 0 Å². The van der Waals surface area contributed by atoms with Crippen molar-refractivity contribution in [2.24, 2.45) is 0 Å². The summed E-state index contributed by atoms with van der Waals surface area (Å²) in [6.45, 7) is 5.91. The highest BCUT2D eigenvalue weighted by molar-refractivity contribution is 6.30. The summed E-state index contributed by atoms with van der Waals surface area (Å²) in [5.41, 5.74) is 3.05. The van der Waals surface area contributed by atoms with Crippen LogP contribution in [0.3, 0.4) is 0 Å². The third kappa shape index (κ3) is 3.64. The van der Waals surface area contributed by atoms with E-state index in [-0.39, 0.29) is 11.9 Å². The number of amides is 1. The Hall–Kier alpha value is -1.81. The fraction of sp³-hybridized carbons (Fsp3) is 0.474. The van der Waals surface area contributed by atoms with Gasteiger partial charge >= 0.3 is 0 Å². The summed E-state index contributed by atoms with van der Waals surface area (Å²) >= 11 is 5.97. The average Bonchev–Trinajstić information content (AvgIpc) is 3.33. The normalized spacial score (nSPS) is 15.3. The van der Waals surface area contributed by atoms with E-state index in [1.165, 1.54) is 0 Å². The van der Waals surface area contributed by atoms with Gasteiger partial charge in [0.1, 0.15) is 5.76 Å². The molecule has 0 aliphatic heterocycles. The minimum absolute atomic E-state index is 0.0620. The first-order valence-corrected chi connectivity index (χ1v) is 8.83. The van der Waals surface area contributed by atoms with Gasteiger partial charge in [-0.25, -0.2) is 0 Å². The van der Waals surface area contributed by atoms with Crippen molar-refractivity contribution in [2.45, 2.75) is 58.5 Å². The van der Waals surface area contributed by atoms with Crippen LogP contribution in [-0.2, 0) is 11.2 Å². The second-order valence-corrected chi connectivity index (χ2v) is 7.00. The number of aryl methyl sites for hydroxylation is 2. The zero-order valence-corrected chi connectivity index (χ0v) is 15.1. The Kier molecular flexibility index (Phi) is 4.95. The number of carbonyl (C=O) groups is 1. The van der Waals surface area contributed by atoms with Crippen molar-refractivity contribution >= 4 is 17.5 Å². The van der Waals surface area contributed by atoms with Crippen LogP contribution in [0, 0.1) is 13.8 Å². The van der Waals surface area contributed by atoms with Crippen molar-refractivity contribution in [2.75, 3.05) is 0 Å². The summed E-state index contributed by atoms with van der Waals surface area (Å²) in [7, 11) is 0. The quantitative estimate of drug-likeness (QED) is 0.766. The van der Waals surface area contributed by atoms with E-state index >= 15 is 0 Å². The second-order valence-electron chi connectivity index (χ2n) is 6.56. The van der Waals surface area contributed by atoms with Crippen molar-refractivity contribution in [3.8, 4) is 0 Å². The number of nitrogens with zero attached hydrogens (tertiary/aromatic N) is 2. The van der Waals surface area contributed by atoms with Gasteiger partial charge in [-0.1, -0.05) is 28.9 Å². The molecule has 0 saturated heterocycles. The lowest BCUT2D eigenvalue weighted by atomic mass is 10.0. The molecule has 4 nitrogen and oxygen atoms in total. The van der Waals surface area contributed by atoms with Gasteiger partial charge in [-0.15, -0.1) is 0 Å². The number of aromatic nitrogens is 1. The molecule has 1 aliphatic rings. The maximum atomic E-state index is 12.9. The van der Waals surface area contributed by atoms with Gasteiger partial charge in [0, 0.05) is 23.0 Å². The maximum absolute atomic E-state index is 12.9. The standard InChI is InChI=1S/C19H23ClN2O2/c1-12-18(14(3)24-21-12)10-11-19(23)22(17-8-9-17)13(2)15-4-6-16(20)7-5-15/h4-7,13,17H,8-11H2,1-3H3. The number of carbonyl (C=O) groups excluding carboxylic acids is 1. The SMILES string of the molecule is Cc1noc(C)c1CCC(=O)N(C1CC1)C(C)c1ccc(Cl)cc1. The Morgan fingerprint density at radius 1 is 1.33 bits per heavy atom. The monoisotopic (exact) mass is 346 g/mol. The Balaban J connectivity index is 1.71. The molecule has 1 aromatic carbocycles. The molecular formula is C19H23ClN2O2. The molecular weight excluding hydrogens is 324 g/mol. The zero-order chi connectivity index (χ0) is 17.3. The van der Waals surface area contributed by atoms with Gasteiger partial charge in [0.05, 0.1) is 11.7 Å². The lowest BCUT2D eigenvalue weighted by Gasteiger charge is -2.30. The molecule has 1 unspecified atom stereocenters. The van der Waals surface area contributed by atoms with Gasteiger partial charge in [-0.2, -0.15) is 0 Å². The van der Waals surface area contributed by atoms with E-state index in [2.05, 4.69) is 12.1 Å². The van der Waals surface area contributed by atoms with Gasteiger partial charge < -0.3 is 9.42 Å². The molecule has 1 fully saturated rings. The van der Waals surface area contributed by atoms with Crippen LogP contribution in [0.5, 0.6) is 0 Å².